The molecule has 1 N–H and O–H groups in total. The number of methoxy groups -OCH3 is 1. The van der Waals surface area contributed by atoms with E-state index in [1.165, 1.54) is 7.11 Å². The Bertz CT molecular complexity index is 1340. The number of hydrogen-bond acceptors (Lipinski definition) is 5. The van der Waals surface area contributed by atoms with E-state index in [-0.39, 0.29) is 11.7 Å². The van der Waals surface area contributed by atoms with Crippen LogP contribution in [0.15, 0.2) is 107 Å². The van der Waals surface area contributed by atoms with E-state index < -0.39 is 11.9 Å². The Morgan fingerprint density at radius 1 is 0.917 bits per heavy atom. The van der Waals surface area contributed by atoms with Crippen molar-refractivity contribution < 1.29 is 19.1 Å². The molecule has 0 spiro atoms. The van der Waals surface area contributed by atoms with Crippen molar-refractivity contribution in [3.8, 4) is 5.75 Å². The van der Waals surface area contributed by atoms with Gasteiger partial charge in [-0.15, -0.1) is 0 Å². The molecule has 0 radical (unpaired) electrons. The number of esters is 1. The molecule has 1 aliphatic carbocycles. The Kier molecular flexibility index (Phi) is 6.72. The third-order valence-electron chi connectivity index (χ3n) is 6.97. The summed E-state index contributed by atoms with van der Waals surface area (Å²) in [5.74, 6) is -0.249. The van der Waals surface area contributed by atoms with Crippen molar-refractivity contribution in [1.82, 2.24) is 5.32 Å². The molecule has 3 aromatic rings. The zero-order valence-corrected chi connectivity index (χ0v) is 20.5. The van der Waals surface area contributed by atoms with Crippen LogP contribution in [0, 0.1) is 0 Å². The number of para-hydroxylation sites is 1. The lowest BCUT2D eigenvalue weighted by atomic mass is 9.71. The van der Waals surface area contributed by atoms with Gasteiger partial charge in [-0.3, -0.25) is 4.79 Å². The molecule has 0 amide bonds. The number of allylic oxidation sites excluding steroid dienone is 3. The number of ketones is 1. The standard InChI is InChI=1S/C31H29NO4/c1-20-28(31(34)35-2)29(24-15-9-10-16-27(24)36-19-21-11-5-3-6-12-21)30-25(32-20)17-23(18-26(30)33)22-13-7-4-8-14-22/h3-16,23,29,32H,17-19H2,1-2H3/t23-,29-/m1/s1. The number of rotatable bonds is 6. The number of hydrogen-bond donors (Lipinski definition) is 1. The highest BCUT2D eigenvalue weighted by atomic mass is 16.5. The second kappa shape index (κ2) is 10.2. The molecule has 1 heterocycles. The van der Waals surface area contributed by atoms with Gasteiger partial charge in [0.25, 0.3) is 0 Å². The fourth-order valence-electron chi connectivity index (χ4n) is 5.28. The molecule has 2 aliphatic rings. The Balaban J connectivity index is 1.57. The predicted molar refractivity (Wildman–Crippen MR) is 138 cm³/mol. The van der Waals surface area contributed by atoms with Gasteiger partial charge in [-0.05, 0) is 36.5 Å². The summed E-state index contributed by atoms with van der Waals surface area (Å²) in [4.78, 5) is 26.8. The molecule has 5 rings (SSSR count). The smallest absolute Gasteiger partial charge is 0.336 e. The van der Waals surface area contributed by atoms with E-state index in [2.05, 4.69) is 17.4 Å². The van der Waals surface area contributed by atoms with Crippen LogP contribution < -0.4 is 10.1 Å². The number of carbonyl (C=O) groups is 2. The molecule has 1 aliphatic heterocycles. The lowest BCUT2D eigenvalue weighted by Gasteiger charge is -2.37. The second-order valence-electron chi connectivity index (χ2n) is 9.23. The molecule has 5 heteroatoms. The van der Waals surface area contributed by atoms with Gasteiger partial charge in [0, 0.05) is 29.0 Å². The normalized spacial score (nSPS) is 19.4. The number of ether oxygens (including phenoxy) is 2. The zero-order valence-electron chi connectivity index (χ0n) is 20.5. The van der Waals surface area contributed by atoms with Crippen molar-refractivity contribution in [3.05, 3.63) is 124 Å². The summed E-state index contributed by atoms with van der Waals surface area (Å²) in [7, 11) is 1.37. The molecule has 36 heavy (non-hydrogen) atoms. The average molecular weight is 480 g/mol. The van der Waals surface area contributed by atoms with Gasteiger partial charge in [-0.25, -0.2) is 4.79 Å². The highest BCUT2D eigenvalue weighted by molar-refractivity contribution is 6.04. The van der Waals surface area contributed by atoms with E-state index in [9.17, 15) is 9.59 Å². The van der Waals surface area contributed by atoms with Gasteiger partial charge >= 0.3 is 5.97 Å². The monoisotopic (exact) mass is 479 g/mol. The summed E-state index contributed by atoms with van der Waals surface area (Å²) in [5.41, 5.74) is 5.61. The molecule has 5 nitrogen and oxygen atoms in total. The first-order valence-electron chi connectivity index (χ1n) is 12.2. The maximum absolute atomic E-state index is 13.7. The Morgan fingerprint density at radius 2 is 1.58 bits per heavy atom. The Hall–Kier alpha value is -4.12. The van der Waals surface area contributed by atoms with Crippen LogP contribution in [-0.2, 0) is 20.9 Å². The summed E-state index contributed by atoms with van der Waals surface area (Å²) in [6.07, 6.45) is 1.09. The van der Waals surface area contributed by atoms with E-state index in [4.69, 9.17) is 9.47 Å². The molecule has 182 valence electrons. The third kappa shape index (κ3) is 4.57. The molecule has 0 unspecified atom stereocenters. The largest absolute Gasteiger partial charge is 0.489 e. The van der Waals surface area contributed by atoms with Crippen molar-refractivity contribution in [3.63, 3.8) is 0 Å². The molecule has 2 atom stereocenters. The van der Waals surface area contributed by atoms with Crippen molar-refractivity contribution in [1.29, 1.82) is 0 Å². The molecule has 0 saturated heterocycles. The van der Waals surface area contributed by atoms with Crippen molar-refractivity contribution in [2.24, 2.45) is 0 Å². The van der Waals surface area contributed by atoms with E-state index in [0.717, 1.165) is 22.4 Å². The third-order valence-corrected chi connectivity index (χ3v) is 6.97. The van der Waals surface area contributed by atoms with Crippen molar-refractivity contribution >= 4 is 11.8 Å². The molecule has 0 bridgehead atoms. The van der Waals surface area contributed by atoms with E-state index >= 15 is 0 Å². The van der Waals surface area contributed by atoms with Crippen LogP contribution in [-0.4, -0.2) is 18.9 Å². The Morgan fingerprint density at radius 3 is 2.31 bits per heavy atom. The van der Waals surface area contributed by atoms with Crippen LogP contribution in [0.1, 0.15) is 48.3 Å². The van der Waals surface area contributed by atoms with Gasteiger partial charge in [0.1, 0.15) is 12.4 Å². The number of dihydropyridines is 1. The fourth-order valence-corrected chi connectivity index (χ4v) is 5.28. The second-order valence-corrected chi connectivity index (χ2v) is 9.23. The number of benzene rings is 3. The minimum absolute atomic E-state index is 0.0365. The summed E-state index contributed by atoms with van der Waals surface area (Å²) in [5, 5.41) is 3.39. The SMILES string of the molecule is COC(=O)C1=C(C)NC2=C(C(=O)C[C@H](c3ccccc3)C2)[C@@H]1c1ccccc1OCc1ccccc1. The maximum atomic E-state index is 13.7. The highest BCUT2D eigenvalue weighted by Gasteiger charge is 2.42. The summed E-state index contributed by atoms with van der Waals surface area (Å²) in [6.45, 7) is 2.25. The molecular weight excluding hydrogens is 450 g/mol. The van der Waals surface area contributed by atoms with Crippen LogP contribution in [0.4, 0.5) is 0 Å². The summed E-state index contributed by atoms with van der Waals surface area (Å²) >= 11 is 0. The van der Waals surface area contributed by atoms with Gasteiger partial charge in [-0.1, -0.05) is 78.9 Å². The highest BCUT2D eigenvalue weighted by Crippen LogP contribution is 2.47. The average Bonchev–Trinajstić information content (AvgIpc) is 2.92. The van der Waals surface area contributed by atoms with Crippen molar-refractivity contribution in [2.45, 2.75) is 38.2 Å². The molecule has 0 aromatic heterocycles. The lowest BCUT2D eigenvalue weighted by molar-refractivity contribution is -0.136. The van der Waals surface area contributed by atoms with Gasteiger partial charge in [0.15, 0.2) is 5.78 Å². The van der Waals surface area contributed by atoms with Gasteiger partial charge in [0.05, 0.1) is 18.6 Å². The minimum atomic E-state index is -0.565. The number of carbonyl (C=O) groups excluding carboxylic acids is 2. The lowest BCUT2D eigenvalue weighted by Crippen LogP contribution is -2.36. The zero-order chi connectivity index (χ0) is 25.1. The van der Waals surface area contributed by atoms with Crippen molar-refractivity contribution in [2.75, 3.05) is 7.11 Å². The summed E-state index contributed by atoms with van der Waals surface area (Å²) < 4.78 is 11.4. The Labute approximate surface area is 211 Å². The quantitative estimate of drug-likeness (QED) is 0.453. The van der Waals surface area contributed by atoms with Gasteiger partial charge < -0.3 is 14.8 Å². The maximum Gasteiger partial charge on any atom is 0.336 e. The first-order valence-corrected chi connectivity index (χ1v) is 12.2. The van der Waals surface area contributed by atoms with E-state index in [1.54, 1.807) is 0 Å². The van der Waals surface area contributed by atoms with Crippen LogP contribution in [0.25, 0.3) is 0 Å². The van der Waals surface area contributed by atoms with Crippen LogP contribution in [0.5, 0.6) is 5.75 Å². The minimum Gasteiger partial charge on any atom is -0.489 e. The number of nitrogens with one attached hydrogen (secondary N) is 1. The molecular formula is C31H29NO4. The predicted octanol–water partition coefficient (Wildman–Crippen LogP) is 5.80. The molecule has 3 aromatic carbocycles. The van der Waals surface area contributed by atoms with E-state index in [1.807, 2.05) is 79.7 Å². The summed E-state index contributed by atoms with van der Waals surface area (Å²) in [6, 6.07) is 27.7. The van der Waals surface area contributed by atoms with Crippen LogP contribution in [0.3, 0.4) is 0 Å². The van der Waals surface area contributed by atoms with Gasteiger partial charge in [-0.2, -0.15) is 0 Å². The number of Topliss-reactive ketones (excluding diaryl/α,β-unsaturated/α-hetero) is 1. The van der Waals surface area contributed by atoms with Gasteiger partial charge in [0.2, 0.25) is 0 Å². The molecule has 0 fully saturated rings. The topological polar surface area (TPSA) is 64.6 Å². The fraction of sp³-hybridized carbons (Fsp3) is 0.226. The molecule has 0 saturated carbocycles. The first-order chi connectivity index (χ1) is 17.6. The first kappa shape index (κ1) is 23.6. The van der Waals surface area contributed by atoms with E-state index in [0.29, 0.717) is 42.0 Å². The van der Waals surface area contributed by atoms with Crippen LogP contribution >= 0.6 is 0 Å². The van der Waals surface area contributed by atoms with Crippen LogP contribution in [0.2, 0.25) is 0 Å².